The van der Waals surface area contributed by atoms with Crippen LogP contribution in [0.25, 0.3) is 16.7 Å². The highest BCUT2D eigenvalue weighted by molar-refractivity contribution is 5.77. The average Bonchev–Trinajstić information content (AvgIpc) is 2.89. The van der Waals surface area contributed by atoms with Gasteiger partial charge in [0.25, 0.3) is 0 Å². The van der Waals surface area contributed by atoms with Gasteiger partial charge in [0.05, 0.1) is 5.69 Å². The van der Waals surface area contributed by atoms with Crippen LogP contribution < -0.4 is 15.2 Å². The van der Waals surface area contributed by atoms with Crippen LogP contribution in [0, 0.1) is 0 Å². The van der Waals surface area contributed by atoms with Crippen molar-refractivity contribution in [1.29, 1.82) is 0 Å². The summed E-state index contributed by atoms with van der Waals surface area (Å²) < 4.78 is 11.1. The minimum absolute atomic E-state index is 0.557. The number of hydrogen-bond acceptors (Lipinski definition) is 5. The largest absolute Gasteiger partial charge is 0.486 e. The zero-order valence-corrected chi connectivity index (χ0v) is 10.6. The summed E-state index contributed by atoms with van der Waals surface area (Å²) in [5, 5.41) is 8.85. The number of nitrogen functional groups attached to an aromatic ring is 1. The van der Waals surface area contributed by atoms with Crippen LogP contribution in [0.15, 0.2) is 36.4 Å². The molecule has 0 saturated heterocycles. The predicted octanol–water partition coefficient (Wildman–Crippen LogP) is 1.77. The van der Waals surface area contributed by atoms with Gasteiger partial charge in [-0.1, -0.05) is 0 Å². The third-order valence-corrected chi connectivity index (χ3v) is 3.16. The maximum absolute atomic E-state index is 5.75. The van der Waals surface area contributed by atoms with Crippen LogP contribution in [0.2, 0.25) is 0 Å². The Bertz CT molecular complexity index is 797. The number of benzene rings is 2. The van der Waals surface area contributed by atoms with Crippen molar-refractivity contribution < 1.29 is 9.47 Å². The minimum Gasteiger partial charge on any atom is -0.486 e. The van der Waals surface area contributed by atoms with Crippen LogP contribution >= 0.6 is 0 Å². The van der Waals surface area contributed by atoms with Gasteiger partial charge in [0.2, 0.25) is 0 Å². The molecule has 4 rings (SSSR count). The standard InChI is InChI=1S/C14H12N4O2/c15-9-1-3-11-12(7-9)17-18(16-11)10-2-4-13-14(8-10)20-6-5-19-13/h1-4,7-8H,5-6,15H2. The van der Waals surface area contributed by atoms with Gasteiger partial charge in [-0.2, -0.15) is 4.80 Å². The number of nitrogens with two attached hydrogens (primary N) is 1. The normalized spacial score (nSPS) is 13.6. The van der Waals surface area contributed by atoms with Gasteiger partial charge >= 0.3 is 0 Å². The Labute approximate surface area is 114 Å². The molecule has 1 aliphatic heterocycles. The van der Waals surface area contributed by atoms with Crippen LogP contribution in [0.4, 0.5) is 5.69 Å². The second kappa shape index (κ2) is 4.12. The molecule has 0 saturated carbocycles. The first-order chi connectivity index (χ1) is 9.79. The van der Waals surface area contributed by atoms with E-state index in [4.69, 9.17) is 15.2 Å². The Hall–Kier alpha value is -2.76. The van der Waals surface area contributed by atoms with Crippen molar-refractivity contribution in [1.82, 2.24) is 15.0 Å². The van der Waals surface area contributed by atoms with E-state index in [1.54, 1.807) is 10.9 Å². The van der Waals surface area contributed by atoms with Crippen molar-refractivity contribution >= 4 is 16.7 Å². The fourth-order valence-electron chi connectivity index (χ4n) is 2.20. The van der Waals surface area contributed by atoms with E-state index in [1.807, 2.05) is 30.3 Å². The highest BCUT2D eigenvalue weighted by atomic mass is 16.6. The first-order valence-electron chi connectivity index (χ1n) is 6.32. The summed E-state index contributed by atoms with van der Waals surface area (Å²) in [4.78, 5) is 1.57. The summed E-state index contributed by atoms with van der Waals surface area (Å²) in [5.74, 6) is 1.47. The lowest BCUT2D eigenvalue weighted by Crippen LogP contribution is -2.15. The summed E-state index contributed by atoms with van der Waals surface area (Å²) in [7, 11) is 0. The van der Waals surface area contributed by atoms with Crippen molar-refractivity contribution in [3.63, 3.8) is 0 Å². The van der Waals surface area contributed by atoms with Gasteiger partial charge in [-0.05, 0) is 30.3 Å². The molecule has 1 aromatic heterocycles. The van der Waals surface area contributed by atoms with Crippen LogP contribution in [0.5, 0.6) is 11.5 Å². The first-order valence-corrected chi connectivity index (χ1v) is 6.32. The van der Waals surface area contributed by atoms with Gasteiger partial charge in [-0.3, -0.25) is 0 Å². The molecule has 6 heteroatoms. The molecule has 20 heavy (non-hydrogen) atoms. The number of nitrogens with zero attached hydrogens (tertiary/aromatic N) is 3. The lowest BCUT2D eigenvalue weighted by Gasteiger charge is -2.18. The van der Waals surface area contributed by atoms with E-state index >= 15 is 0 Å². The fraction of sp³-hybridized carbons (Fsp3) is 0.143. The number of aromatic nitrogens is 3. The Morgan fingerprint density at radius 2 is 1.70 bits per heavy atom. The molecule has 0 radical (unpaired) electrons. The fourth-order valence-corrected chi connectivity index (χ4v) is 2.20. The Balaban J connectivity index is 1.82. The molecule has 0 unspecified atom stereocenters. The lowest BCUT2D eigenvalue weighted by atomic mass is 10.2. The van der Waals surface area contributed by atoms with Crippen LogP contribution in [-0.2, 0) is 0 Å². The summed E-state index contributed by atoms with van der Waals surface area (Å²) in [6, 6.07) is 11.1. The van der Waals surface area contributed by atoms with E-state index in [9.17, 15) is 0 Å². The summed E-state index contributed by atoms with van der Waals surface area (Å²) in [6.07, 6.45) is 0. The average molecular weight is 268 g/mol. The molecule has 0 bridgehead atoms. The highest BCUT2D eigenvalue weighted by Gasteiger charge is 2.13. The molecule has 0 spiro atoms. The van der Waals surface area contributed by atoms with Crippen molar-refractivity contribution in [3.05, 3.63) is 36.4 Å². The van der Waals surface area contributed by atoms with Crippen LogP contribution in [-0.4, -0.2) is 28.2 Å². The van der Waals surface area contributed by atoms with Crippen molar-refractivity contribution in [2.24, 2.45) is 0 Å². The molecular weight excluding hydrogens is 256 g/mol. The molecule has 0 atom stereocenters. The Kier molecular flexibility index (Phi) is 2.29. The number of ether oxygens (including phenoxy) is 2. The molecule has 1 aliphatic rings. The van der Waals surface area contributed by atoms with Crippen LogP contribution in [0.3, 0.4) is 0 Å². The topological polar surface area (TPSA) is 75.2 Å². The third kappa shape index (κ3) is 1.73. The van der Waals surface area contributed by atoms with Gasteiger partial charge in [0.15, 0.2) is 11.5 Å². The second-order valence-corrected chi connectivity index (χ2v) is 4.57. The lowest BCUT2D eigenvalue weighted by molar-refractivity contribution is 0.171. The Morgan fingerprint density at radius 1 is 0.900 bits per heavy atom. The highest BCUT2D eigenvalue weighted by Crippen LogP contribution is 2.31. The molecule has 3 aromatic rings. The van der Waals surface area contributed by atoms with Crippen molar-refractivity contribution in [3.8, 4) is 17.2 Å². The van der Waals surface area contributed by atoms with Gasteiger partial charge < -0.3 is 15.2 Å². The second-order valence-electron chi connectivity index (χ2n) is 4.57. The van der Waals surface area contributed by atoms with E-state index in [-0.39, 0.29) is 0 Å². The molecule has 0 aliphatic carbocycles. The third-order valence-electron chi connectivity index (χ3n) is 3.16. The maximum Gasteiger partial charge on any atom is 0.163 e. The van der Waals surface area contributed by atoms with Crippen LogP contribution in [0.1, 0.15) is 0 Å². The Morgan fingerprint density at radius 3 is 2.60 bits per heavy atom. The zero-order chi connectivity index (χ0) is 13.5. The van der Waals surface area contributed by atoms with E-state index in [0.29, 0.717) is 18.9 Å². The molecule has 100 valence electrons. The summed E-state index contributed by atoms with van der Waals surface area (Å²) >= 11 is 0. The van der Waals surface area contributed by atoms with E-state index < -0.39 is 0 Å². The van der Waals surface area contributed by atoms with Gasteiger partial charge in [-0.15, -0.1) is 10.2 Å². The van der Waals surface area contributed by atoms with Gasteiger partial charge in [0.1, 0.15) is 24.2 Å². The molecule has 0 amide bonds. The first kappa shape index (κ1) is 11.1. The van der Waals surface area contributed by atoms with Gasteiger partial charge in [0, 0.05) is 11.8 Å². The van der Waals surface area contributed by atoms with E-state index in [0.717, 1.165) is 28.2 Å². The summed E-state index contributed by atoms with van der Waals surface area (Å²) in [6.45, 7) is 1.14. The number of hydrogen-bond donors (Lipinski definition) is 1. The van der Waals surface area contributed by atoms with E-state index in [1.165, 1.54) is 0 Å². The number of rotatable bonds is 1. The predicted molar refractivity (Wildman–Crippen MR) is 74.3 cm³/mol. The molecular formula is C14H12N4O2. The monoisotopic (exact) mass is 268 g/mol. The molecule has 2 aromatic carbocycles. The molecule has 2 heterocycles. The SMILES string of the molecule is Nc1ccc2nn(-c3ccc4c(c3)OCCO4)nc2c1. The number of anilines is 1. The molecule has 0 fully saturated rings. The van der Waals surface area contributed by atoms with Crippen molar-refractivity contribution in [2.75, 3.05) is 18.9 Å². The maximum atomic E-state index is 5.75. The quantitative estimate of drug-likeness (QED) is 0.681. The van der Waals surface area contributed by atoms with Gasteiger partial charge in [-0.25, -0.2) is 0 Å². The summed E-state index contributed by atoms with van der Waals surface area (Å²) in [5.41, 5.74) is 8.81. The smallest absolute Gasteiger partial charge is 0.163 e. The number of fused-ring (bicyclic) bond motifs is 2. The minimum atomic E-state index is 0.557. The molecule has 2 N–H and O–H groups in total. The van der Waals surface area contributed by atoms with Crippen molar-refractivity contribution in [2.45, 2.75) is 0 Å². The molecule has 6 nitrogen and oxygen atoms in total. The zero-order valence-electron chi connectivity index (χ0n) is 10.6. The van der Waals surface area contributed by atoms with E-state index in [2.05, 4.69) is 10.2 Å².